The molecule has 1 aliphatic carbocycles. The smallest absolute Gasteiger partial charge is 0.314 e. The minimum absolute atomic E-state index is 0.0168. The van der Waals surface area contributed by atoms with Crippen molar-refractivity contribution in [3.8, 4) is 0 Å². The Morgan fingerprint density at radius 2 is 2.06 bits per heavy atom. The third-order valence-electron chi connectivity index (χ3n) is 3.08. The van der Waals surface area contributed by atoms with Crippen LogP contribution in [-0.4, -0.2) is 17.1 Å². The lowest BCUT2D eigenvalue weighted by atomic mass is 9.61. The number of hydrogen-bond donors (Lipinski definition) is 2. The number of hydrogen-bond acceptors (Lipinski definition) is 2. The molecule has 2 rings (SSSR count). The third kappa shape index (κ3) is 1.48. The molecule has 0 atom stereocenters. The second-order valence-corrected chi connectivity index (χ2v) is 4.18. The van der Waals surface area contributed by atoms with Gasteiger partial charge in [-0.25, -0.2) is 8.78 Å². The van der Waals surface area contributed by atoms with Crippen LogP contribution in [0.4, 0.5) is 8.78 Å². The van der Waals surface area contributed by atoms with Gasteiger partial charge in [-0.1, -0.05) is 6.07 Å². The van der Waals surface area contributed by atoms with Crippen molar-refractivity contribution in [2.24, 2.45) is 5.73 Å². The number of carboxylic acids is 1. The van der Waals surface area contributed by atoms with Crippen LogP contribution in [-0.2, 0) is 10.2 Å². The molecule has 0 unspecified atom stereocenters. The van der Waals surface area contributed by atoms with E-state index in [9.17, 15) is 13.6 Å². The number of rotatable bonds is 2. The fourth-order valence-corrected chi connectivity index (χ4v) is 2.22. The Morgan fingerprint density at radius 1 is 1.44 bits per heavy atom. The minimum atomic E-state index is -1.28. The van der Waals surface area contributed by atoms with Gasteiger partial charge in [0.1, 0.15) is 11.6 Å². The van der Waals surface area contributed by atoms with E-state index in [4.69, 9.17) is 10.8 Å². The number of halogens is 2. The molecule has 0 amide bonds. The van der Waals surface area contributed by atoms with E-state index in [-0.39, 0.29) is 24.4 Å². The summed E-state index contributed by atoms with van der Waals surface area (Å²) in [6, 6.07) is 2.71. The molecule has 1 aromatic rings. The van der Waals surface area contributed by atoms with E-state index in [0.29, 0.717) is 6.07 Å². The van der Waals surface area contributed by atoms with Crippen molar-refractivity contribution in [1.29, 1.82) is 0 Å². The summed E-state index contributed by atoms with van der Waals surface area (Å²) in [5.74, 6) is -2.65. The maximum absolute atomic E-state index is 13.5. The quantitative estimate of drug-likeness (QED) is 0.802. The van der Waals surface area contributed by atoms with Gasteiger partial charge in [0.15, 0.2) is 0 Å². The Morgan fingerprint density at radius 3 is 2.50 bits per heavy atom. The Balaban J connectivity index is 2.45. The van der Waals surface area contributed by atoms with Crippen LogP contribution in [0.15, 0.2) is 18.2 Å². The maximum Gasteiger partial charge on any atom is 0.314 e. The van der Waals surface area contributed by atoms with E-state index in [1.165, 1.54) is 6.07 Å². The molecule has 0 bridgehead atoms. The van der Waals surface area contributed by atoms with Crippen molar-refractivity contribution in [3.05, 3.63) is 35.4 Å². The molecule has 5 heteroatoms. The van der Waals surface area contributed by atoms with Crippen LogP contribution >= 0.6 is 0 Å². The van der Waals surface area contributed by atoms with Crippen LogP contribution < -0.4 is 5.73 Å². The van der Waals surface area contributed by atoms with Crippen molar-refractivity contribution in [2.45, 2.75) is 24.3 Å². The van der Waals surface area contributed by atoms with Gasteiger partial charge < -0.3 is 10.8 Å². The molecule has 1 saturated carbocycles. The molecule has 0 heterocycles. The Bertz CT molecular complexity index is 442. The summed E-state index contributed by atoms with van der Waals surface area (Å²) in [6.45, 7) is 0. The third-order valence-corrected chi connectivity index (χ3v) is 3.08. The van der Waals surface area contributed by atoms with Gasteiger partial charge in [0.2, 0.25) is 0 Å². The summed E-state index contributed by atoms with van der Waals surface area (Å²) in [4.78, 5) is 11.2. The van der Waals surface area contributed by atoms with Crippen LogP contribution in [0.25, 0.3) is 0 Å². The van der Waals surface area contributed by atoms with Crippen LogP contribution in [0.2, 0.25) is 0 Å². The molecule has 16 heavy (non-hydrogen) atoms. The lowest BCUT2D eigenvalue weighted by Crippen LogP contribution is -2.54. The first-order chi connectivity index (χ1) is 7.45. The first-order valence-corrected chi connectivity index (χ1v) is 4.90. The zero-order valence-corrected chi connectivity index (χ0v) is 8.41. The minimum Gasteiger partial charge on any atom is -0.481 e. The van der Waals surface area contributed by atoms with Crippen molar-refractivity contribution >= 4 is 5.97 Å². The highest BCUT2D eigenvalue weighted by molar-refractivity contribution is 5.83. The van der Waals surface area contributed by atoms with Gasteiger partial charge in [-0.2, -0.15) is 0 Å². The number of benzene rings is 1. The SMILES string of the molecule is NC1CC(C(=O)O)(c2ccc(F)cc2F)C1. The van der Waals surface area contributed by atoms with E-state index in [1.807, 2.05) is 0 Å². The second-order valence-electron chi connectivity index (χ2n) is 4.18. The average molecular weight is 227 g/mol. The molecule has 0 spiro atoms. The maximum atomic E-state index is 13.5. The fraction of sp³-hybridized carbons (Fsp3) is 0.364. The van der Waals surface area contributed by atoms with Gasteiger partial charge in [0.05, 0.1) is 5.41 Å². The molecule has 3 nitrogen and oxygen atoms in total. The Kier molecular flexibility index (Phi) is 2.42. The number of aliphatic carboxylic acids is 1. The summed E-state index contributed by atoms with van der Waals surface area (Å²) in [5, 5.41) is 9.13. The molecule has 1 fully saturated rings. The average Bonchev–Trinajstić information content (AvgIpc) is 2.12. The van der Waals surface area contributed by atoms with Gasteiger partial charge in [0.25, 0.3) is 0 Å². The van der Waals surface area contributed by atoms with E-state index in [1.54, 1.807) is 0 Å². The largest absolute Gasteiger partial charge is 0.481 e. The Labute approximate surface area is 90.9 Å². The second kappa shape index (κ2) is 3.52. The van der Waals surface area contributed by atoms with Crippen molar-refractivity contribution in [1.82, 2.24) is 0 Å². The van der Waals surface area contributed by atoms with E-state index in [0.717, 1.165) is 6.07 Å². The molecule has 1 aliphatic rings. The van der Waals surface area contributed by atoms with Crippen LogP contribution in [0.1, 0.15) is 18.4 Å². The molecule has 0 radical (unpaired) electrons. The number of nitrogens with two attached hydrogens (primary N) is 1. The predicted molar refractivity (Wildman–Crippen MR) is 52.9 cm³/mol. The highest BCUT2D eigenvalue weighted by Crippen LogP contribution is 2.44. The fourth-order valence-electron chi connectivity index (χ4n) is 2.22. The van der Waals surface area contributed by atoms with Crippen LogP contribution in [0.5, 0.6) is 0 Å². The highest BCUT2D eigenvalue weighted by Gasteiger charge is 2.51. The molecular formula is C11H11F2NO2. The first-order valence-electron chi connectivity index (χ1n) is 4.90. The first kappa shape index (κ1) is 11.0. The molecular weight excluding hydrogens is 216 g/mol. The van der Waals surface area contributed by atoms with Gasteiger partial charge in [-0.05, 0) is 18.9 Å². The molecule has 1 aromatic carbocycles. The van der Waals surface area contributed by atoms with Crippen molar-refractivity contribution in [3.63, 3.8) is 0 Å². The number of carbonyl (C=O) groups is 1. The van der Waals surface area contributed by atoms with E-state index < -0.39 is 23.0 Å². The molecule has 3 N–H and O–H groups in total. The van der Waals surface area contributed by atoms with Crippen LogP contribution in [0.3, 0.4) is 0 Å². The molecule has 0 aromatic heterocycles. The summed E-state index contributed by atoms with van der Waals surface area (Å²) >= 11 is 0. The van der Waals surface area contributed by atoms with Gasteiger partial charge in [-0.15, -0.1) is 0 Å². The molecule has 0 aliphatic heterocycles. The Hall–Kier alpha value is -1.49. The van der Waals surface area contributed by atoms with Crippen LogP contribution in [0, 0.1) is 11.6 Å². The summed E-state index contributed by atoms with van der Waals surface area (Å²) in [5.41, 5.74) is 4.29. The normalized spacial score (nSPS) is 28.6. The summed E-state index contributed by atoms with van der Waals surface area (Å²) < 4.78 is 26.2. The van der Waals surface area contributed by atoms with Gasteiger partial charge >= 0.3 is 5.97 Å². The van der Waals surface area contributed by atoms with E-state index >= 15 is 0 Å². The lowest BCUT2D eigenvalue weighted by molar-refractivity contribution is -0.148. The standard InChI is InChI=1S/C11H11F2NO2/c12-6-1-2-8(9(13)3-6)11(10(15)16)4-7(14)5-11/h1-3,7H,4-5,14H2,(H,15,16). The van der Waals surface area contributed by atoms with Crippen molar-refractivity contribution in [2.75, 3.05) is 0 Å². The highest BCUT2D eigenvalue weighted by atomic mass is 19.1. The zero-order chi connectivity index (χ0) is 11.9. The summed E-state index contributed by atoms with van der Waals surface area (Å²) in [6.07, 6.45) is 0.371. The number of carboxylic acid groups (broad SMARTS) is 1. The summed E-state index contributed by atoms with van der Waals surface area (Å²) in [7, 11) is 0. The van der Waals surface area contributed by atoms with E-state index in [2.05, 4.69) is 0 Å². The van der Waals surface area contributed by atoms with Gasteiger partial charge in [0, 0.05) is 17.7 Å². The lowest BCUT2D eigenvalue weighted by Gasteiger charge is -2.43. The monoisotopic (exact) mass is 227 g/mol. The molecule has 86 valence electrons. The van der Waals surface area contributed by atoms with Crippen molar-refractivity contribution < 1.29 is 18.7 Å². The zero-order valence-electron chi connectivity index (χ0n) is 8.41. The predicted octanol–water partition coefficient (Wildman–Crippen LogP) is 1.41. The van der Waals surface area contributed by atoms with Gasteiger partial charge in [-0.3, -0.25) is 4.79 Å². The topological polar surface area (TPSA) is 63.3 Å². The molecule has 0 saturated heterocycles.